The average molecular weight is 988 g/mol. The van der Waals surface area contributed by atoms with Crippen LogP contribution in [0.15, 0.2) is 72.9 Å². The number of quaternary nitrogens is 1. The zero-order valence-corrected chi connectivity index (χ0v) is 46.6. The zero-order valence-electron chi connectivity index (χ0n) is 45.8. The van der Waals surface area contributed by atoms with Crippen molar-refractivity contribution in [2.24, 2.45) is 0 Å². The Kier molecular flexibility index (Phi) is 49.3. The molecule has 8 nitrogen and oxygen atoms in total. The standard InChI is InChI=1S/C60H111N2O6P/c1-6-8-10-12-14-16-18-20-22-23-24-25-26-27-28-29-30-31-32-33-34-35-36-37-38-39-40-42-44-46-48-50-52-54-60(64)61-58(57-68-69(65,66)67-56-55-62(3,4)5)59(63)53-51-49-47-45-43-41-21-19-17-15-13-11-9-7-2/h8,10,14,16,20,22,24-25,27-28,30-31,58-59,63H,6-7,9,11-13,15,17-19,21,23,26,29,32-57H2,1-5H3,(H-,61,64,65,66)/b10-8-,16-14-,22-20-,25-24-,28-27-,31-30-. The van der Waals surface area contributed by atoms with Crippen molar-refractivity contribution in [1.82, 2.24) is 5.32 Å². The molecule has 0 radical (unpaired) electrons. The molecule has 0 saturated carbocycles. The van der Waals surface area contributed by atoms with Gasteiger partial charge in [-0.1, -0.05) is 254 Å². The van der Waals surface area contributed by atoms with E-state index in [-0.39, 0.29) is 19.1 Å². The highest BCUT2D eigenvalue weighted by Crippen LogP contribution is 2.38. The maximum Gasteiger partial charge on any atom is 0.268 e. The Morgan fingerprint density at radius 3 is 1.29 bits per heavy atom. The summed E-state index contributed by atoms with van der Waals surface area (Å²) in [6.07, 6.45) is 69.3. The lowest BCUT2D eigenvalue weighted by atomic mass is 10.0. The van der Waals surface area contributed by atoms with E-state index in [1.165, 1.54) is 148 Å². The van der Waals surface area contributed by atoms with Crippen molar-refractivity contribution in [3.05, 3.63) is 72.9 Å². The number of hydrogen-bond donors (Lipinski definition) is 2. The summed E-state index contributed by atoms with van der Waals surface area (Å²) in [5.41, 5.74) is 0. The molecule has 402 valence electrons. The van der Waals surface area contributed by atoms with Gasteiger partial charge in [-0.25, -0.2) is 0 Å². The summed E-state index contributed by atoms with van der Waals surface area (Å²) in [5, 5.41) is 14.0. The quantitative estimate of drug-likeness (QED) is 0.0272. The molecule has 2 N–H and O–H groups in total. The van der Waals surface area contributed by atoms with Gasteiger partial charge < -0.3 is 28.8 Å². The number of unbranched alkanes of at least 4 members (excludes halogenated alkanes) is 27. The monoisotopic (exact) mass is 987 g/mol. The first-order valence-electron chi connectivity index (χ1n) is 28.8. The van der Waals surface area contributed by atoms with Crippen LogP contribution in [0.3, 0.4) is 0 Å². The Balaban J connectivity index is 4.06. The lowest BCUT2D eigenvalue weighted by Gasteiger charge is -2.30. The first-order valence-corrected chi connectivity index (χ1v) is 30.2. The first kappa shape index (κ1) is 66.9. The summed E-state index contributed by atoms with van der Waals surface area (Å²) in [5.74, 6) is -0.167. The first-order chi connectivity index (χ1) is 33.5. The fourth-order valence-electron chi connectivity index (χ4n) is 8.22. The number of nitrogens with one attached hydrogen (secondary N) is 1. The van der Waals surface area contributed by atoms with Crippen LogP contribution in [0.1, 0.15) is 251 Å². The zero-order chi connectivity index (χ0) is 50.6. The van der Waals surface area contributed by atoms with Crippen LogP contribution in [-0.2, 0) is 18.4 Å². The number of carbonyl (C=O) groups excluding carboxylic acids is 1. The number of amides is 1. The number of likely N-dealkylation sites (N-methyl/N-ethyl adjacent to an activating group) is 1. The second-order valence-corrected chi connectivity index (χ2v) is 22.0. The van der Waals surface area contributed by atoms with Crippen LogP contribution in [0.4, 0.5) is 0 Å². The van der Waals surface area contributed by atoms with Gasteiger partial charge in [0.2, 0.25) is 5.91 Å². The van der Waals surface area contributed by atoms with Crippen LogP contribution in [0.2, 0.25) is 0 Å². The molecule has 1 amide bonds. The van der Waals surface area contributed by atoms with Crippen molar-refractivity contribution in [3.8, 4) is 0 Å². The van der Waals surface area contributed by atoms with Crippen LogP contribution in [0.25, 0.3) is 0 Å². The summed E-state index contributed by atoms with van der Waals surface area (Å²) < 4.78 is 23.4. The molecule has 0 spiro atoms. The van der Waals surface area contributed by atoms with Gasteiger partial charge in [-0.05, 0) is 64.2 Å². The maximum absolute atomic E-state index is 13.0. The van der Waals surface area contributed by atoms with Crippen LogP contribution < -0.4 is 10.2 Å². The van der Waals surface area contributed by atoms with Crippen molar-refractivity contribution in [3.63, 3.8) is 0 Å². The molecular weight excluding hydrogens is 876 g/mol. The maximum atomic E-state index is 13.0. The smallest absolute Gasteiger partial charge is 0.268 e. The third kappa shape index (κ3) is 53.6. The van der Waals surface area contributed by atoms with Gasteiger partial charge in [-0.2, -0.15) is 0 Å². The van der Waals surface area contributed by atoms with Crippen molar-refractivity contribution in [2.45, 2.75) is 264 Å². The Morgan fingerprint density at radius 1 is 0.522 bits per heavy atom. The van der Waals surface area contributed by atoms with Crippen molar-refractivity contribution < 1.29 is 32.9 Å². The Bertz CT molecular complexity index is 1350. The predicted molar refractivity (Wildman–Crippen MR) is 297 cm³/mol. The van der Waals surface area contributed by atoms with Gasteiger partial charge in [0.1, 0.15) is 13.2 Å². The van der Waals surface area contributed by atoms with Crippen molar-refractivity contribution in [2.75, 3.05) is 40.9 Å². The molecule has 69 heavy (non-hydrogen) atoms. The van der Waals surface area contributed by atoms with Crippen LogP contribution >= 0.6 is 7.82 Å². The minimum absolute atomic E-state index is 0.0106. The number of hydrogen-bond acceptors (Lipinski definition) is 6. The van der Waals surface area contributed by atoms with Crippen LogP contribution in [0, 0.1) is 0 Å². The Labute approximate surface area is 427 Å². The van der Waals surface area contributed by atoms with Crippen molar-refractivity contribution >= 4 is 13.7 Å². The highest BCUT2D eigenvalue weighted by Gasteiger charge is 2.24. The second kappa shape index (κ2) is 50.9. The minimum Gasteiger partial charge on any atom is -0.756 e. The molecule has 9 heteroatoms. The Morgan fingerprint density at radius 2 is 0.884 bits per heavy atom. The summed E-state index contributed by atoms with van der Waals surface area (Å²) in [4.78, 5) is 25.5. The molecule has 0 aromatic rings. The molecule has 0 bridgehead atoms. The Hall–Kier alpha value is -2.06. The molecular formula is C60H111N2O6P. The van der Waals surface area contributed by atoms with E-state index in [4.69, 9.17) is 9.05 Å². The van der Waals surface area contributed by atoms with Gasteiger partial charge in [-0.15, -0.1) is 0 Å². The molecule has 0 heterocycles. The fourth-order valence-corrected chi connectivity index (χ4v) is 8.94. The third-order valence-electron chi connectivity index (χ3n) is 12.7. The summed E-state index contributed by atoms with van der Waals surface area (Å²) in [7, 11) is 1.30. The van der Waals surface area contributed by atoms with E-state index in [1.54, 1.807) is 0 Å². The van der Waals surface area contributed by atoms with E-state index in [2.05, 4.69) is 92.1 Å². The third-order valence-corrected chi connectivity index (χ3v) is 13.7. The van der Waals surface area contributed by atoms with Gasteiger partial charge in [0.25, 0.3) is 7.82 Å². The lowest BCUT2D eigenvalue weighted by Crippen LogP contribution is -2.46. The summed E-state index contributed by atoms with van der Waals surface area (Å²) in [6.45, 7) is 4.61. The molecule has 0 aromatic carbocycles. The number of phosphoric ester groups is 1. The van der Waals surface area contributed by atoms with Gasteiger partial charge in [0.05, 0.1) is 39.9 Å². The molecule has 0 aliphatic rings. The second-order valence-electron chi connectivity index (χ2n) is 20.6. The van der Waals surface area contributed by atoms with Crippen LogP contribution in [0.5, 0.6) is 0 Å². The molecule has 0 rings (SSSR count). The minimum atomic E-state index is -4.57. The van der Waals surface area contributed by atoms with E-state index in [9.17, 15) is 19.4 Å². The number of phosphoric acid groups is 1. The number of carbonyl (C=O) groups is 1. The van der Waals surface area contributed by atoms with E-state index in [0.717, 1.165) is 77.0 Å². The number of allylic oxidation sites excluding steroid dienone is 12. The van der Waals surface area contributed by atoms with E-state index < -0.39 is 20.0 Å². The molecule has 0 aliphatic carbocycles. The molecule has 0 fully saturated rings. The van der Waals surface area contributed by atoms with Crippen molar-refractivity contribution in [1.29, 1.82) is 0 Å². The van der Waals surface area contributed by atoms with E-state index >= 15 is 0 Å². The number of rotatable bonds is 52. The van der Waals surface area contributed by atoms with E-state index in [0.29, 0.717) is 23.9 Å². The summed E-state index contributed by atoms with van der Waals surface area (Å²) >= 11 is 0. The molecule has 0 aromatic heterocycles. The molecule has 0 saturated heterocycles. The van der Waals surface area contributed by atoms with E-state index in [1.807, 2.05) is 21.1 Å². The van der Waals surface area contributed by atoms with Gasteiger partial charge >= 0.3 is 0 Å². The number of aliphatic hydroxyl groups is 1. The predicted octanol–water partition coefficient (Wildman–Crippen LogP) is 16.9. The highest BCUT2D eigenvalue weighted by molar-refractivity contribution is 7.45. The van der Waals surface area contributed by atoms with Crippen LogP contribution in [-0.4, -0.2) is 68.5 Å². The van der Waals surface area contributed by atoms with Gasteiger partial charge in [-0.3, -0.25) is 9.36 Å². The SMILES string of the molecule is CC/C=C\C/C=C\C/C=C\C/C=C\C/C=C\C/C=C\CCCCCCCCCCCCCCCCC(=O)NC(COP(=O)([O-])OCC[N+](C)(C)C)C(O)CCCCCCCCCCCCCCCC. The summed E-state index contributed by atoms with van der Waals surface area (Å²) in [6, 6.07) is -0.803. The normalized spacial score (nSPS) is 14.5. The van der Waals surface area contributed by atoms with Gasteiger partial charge in [0, 0.05) is 6.42 Å². The molecule has 0 aliphatic heterocycles. The fraction of sp³-hybridized carbons (Fsp3) is 0.783. The molecule has 3 atom stereocenters. The number of nitrogens with zero attached hydrogens (tertiary/aromatic N) is 1. The number of aliphatic hydroxyl groups excluding tert-OH is 1. The average Bonchev–Trinajstić information content (AvgIpc) is 3.31. The lowest BCUT2D eigenvalue weighted by molar-refractivity contribution is -0.870. The largest absolute Gasteiger partial charge is 0.756 e. The topological polar surface area (TPSA) is 108 Å². The van der Waals surface area contributed by atoms with Gasteiger partial charge in [0.15, 0.2) is 0 Å². The molecule has 3 unspecified atom stereocenters. The highest BCUT2D eigenvalue weighted by atomic mass is 31.2.